The number of phenols is 1. The van der Waals surface area contributed by atoms with Crippen molar-refractivity contribution >= 4 is 23.6 Å². The third-order valence-corrected chi connectivity index (χ3v) is 8.11. The van der Waals surface area contributed by atoms with Crippen LogP contribution in [0.15, 0.2) is 72.9 Å². The van der Waals surface area contributed by atoms with Gasteiger partial charge in [0.1, 0.15) is 34.9 Å². The summed E-state index contributed by atoms with van der Waals surface area (Å²) in [7, 11) is 1.82. The number of anilines is 1. The van der Waals surface area contributed by atoms with Gasteiger partial charge in [0.15, 0.2) is 0 Å². The average Bonchev–Trinajstić information content (AvgIpc) is 3.42. The zero-order chi connectivity index (χ0) is 34.6. The highest BCUT2D eigenvalue weighted by molar-refractivity contribution is 5.98. The minimum absolute atomic E-state index is 0.0266. The van der Waals surface area contributed by atoms with Crippen LogP contribution in [0.1, 0.15) is 51.2 Å². The summed E-state index contributed by atoms with van der Waals surface area (Å²) >= 11 is 0. The molecule has 3 amide bonds. The number of hydrogen-bond donors (Lipinski definition) is 3. The fourth-order valence-corrected chi connectivity index (χ4v) is 5.91. The molecule has 1 aromatic heterocycles. The Morgan fingerprint density at radius 1 is 1.04 bits per heavy atom. The first-order chi connectivity index (χ1) is 22.8. The Morgan fingerprint density at radius 3 is 2.50 bits per heavy atom. The quantitative estimate of drug-likeness (QED) is 0.203. The maximum Gasteiger partial charge on any atom is 0.408 e. The van der Waals surface area contributed by atoms with Crippen molar-refractivity contribution in [3.63, 3.8) is 0 Å². The van der Waals surface area contributed by atoms with Crippen molar-refractivity contribution in [1.82, 2.24) is 20.0 Å². The molecule has 2 heterocycles. The number of nitrogens with one attached hydrogen (secondary N) is 2. The lowest BCUT2D eigenvalue weighted by Crippen LogP contribution is -2.57. The molecular formula is C37H42FN5O5. The largest absolute Gasteiger partial charge is 0.507 e. The molecule has 48 heavy (non-hydrogen) atoms. The molecule has 0 radical (unpaired) electrons. The first kappa shape index (κ1) is 34.2. The van der Waals surface area contributed by atoms with E-state index < -0.39 is 35.5 Å². The Kier molecular flexibility index (Phi) is 10.2. The van der Waals surface area contributed by atoms with Crippen LogP contribution in [0.3, 0.4) is 0 Å². The van der Waals surface area contributed by atoms with Crippen LogP contribution >= 0.6 is 0 Å². The number of carbonyl (C=O) groups excluding carboxylic acids is 3. The monoisotopic (exact) mass is 655 g/mol. The number of halogens is 1. The van der Waals surface area contributed by atoms with Gasteiger partial charge in [0.2, 0.25) is 11.8 Å². The van der Waals surface area contributed by atoms with Gasteiger partial charge in [-0.15, -0.1) is 0 Å². The maximum atomic E-state index is 14.0. The van der Waals surface area contributed by atoms with Crippen molar-refractivity contribution in [2.45, 2.75) is 71.1 Å². The second-order valence-corrected chi connectivity index (χ2v) is 13.2. The summed E-state index contributed by atoms with van der Waals surface area (Å²) in [6, 6.07) is 16.7. The Hall–Kier alpha value is -5.19. The molecule has 11 heteroatoms. The van der Waals surface area contributed by atoms with E-state index in [4.69, 9.17) is 4.74 Å². The third kappa shape index (κ3) is 8.39. The number of ether oxygens (including phenoxy) is 1. The van der Waals surface area contributed by atoms with Gasteiger partial charge in [-0.25, -0.2) is 9.18 Å². The van der Waals surface area contributed by atoms with Crippen LogP contribution in [-0.2, 0) is 27.8 Å². The lowest BCUT2D eigenvalue weighted by atomic mass is 9.97. The molecule has 252 valence electrons. The van der Waals surface area contributed by atoms with E-state index in [-0.39, 0.29) is 18.1 Å². The summed E-state index contributed by atoms with van der Waals surface area (Å²) in [6.07, 6.45) is 3.04. The molecular weight excluding hydrogens is 613 g/mol. The molecule has 1 saturated heterocycles. The van der Waals surface area contributed by atoms with E-state index in [1.165, 1.54) is 17.0 Å². The van der Waals surface area contributed by atoms with Crippen LogP contribution < -0.4 is 10.6 Å². The highest BCUT2D eigenvalue weighted by Gasteiger charge is 2.37. The number of aromatic nitrogens is 2. The van der Waals surface area contributed by atoms with Crippen molar-refractivity contribution in [1.29, 1.82) is 0 Å². The van der Waals surface area contributed by atoms with Gasteiger partial charge in [0, 0.05) is 43.0 Å². The van der Waals surface area contributed by atoms with Crippen molar-refractivity contribution in [3.05, 3.63) is 89.9 Å². The predicted molar refractivity (Wildman–Crippen MR) is 182 cm³/mol. The zero-order valence-electron chi connectivity index (χ0n) is 27.9. The lowest BCUT2D eigenvalue weighted by molar-refractivity contribution is -0.142. The second kappa shape index (κ2) is 14.3. The summed E-state index contributed by atoms with van der Waals surface area (Å²) in [5.41, 5.74) is 4.21. The Labute approximate surface area is 279 Å². The topological polar surface area (TPSA) is 126 Å². The number of carbonyl (C=O) groups is 3. The summed E-state index contributed by atoms with van der Waals surface area (Å²) < 4.78 is 21.1. The molecule has 4 aromatic rings. The van der Waals surface area contributed by atoms with Crippen molar-refractivity contribution in [3.8, 4) is 28.1 Å². The fraction of sp³-hybridized carbons (Fsp3) is 0.351. The Balaban J connectivity index is 1.34. The van der Waals surface area contributed by atoms with E-state index in [0.717, 1.165) is 23.1 Å². The van der Waals surface area contributed by atoms with Crippen LogP contribution in [0.2, 0.25) is 0 Å². The third-order valence-electron chi connectivity index (χ3n) is 8.11. The van der Waals surface area contributed by atoms with E-state index in [1.807, 2.05) is 44.4 Å². The van der Waals surface area contributed by atoms with Gasteiger partial charge < -0.3 is 25.4 Å². The molecule has 3 N–H and O–H groups in total. The van der Waals surface area contributed by atoms with Gasteiger partial charge in [0.05, 0.1) is 0 Å². The van der Waals surface area contributed by atoms with Crippen LogP contribution in [0.5, 0.6) is 5.75 Å². The SMILES string of the molecule is Cc1ccc(O)c(-c2nn(C)cc2-c2ccc(NC(=O)C3CCCCN3C(=O)[C@H](Cc3cccc(F)c3)NC(=O)OC(C)(C)C)cc2)c1. The van der Waals surface area contributed by atoms with Crippen LogP contribution in [-0.4, -0.2) is 61.9 Å². The van der Waals surface area contributed by atoms with E-state index in [1.54, 1.807) is 55.8 Å². The Bertz CT molecular complexity index is 1800. The van der Waals surface area contributed by atoms with Gasteiger partial charge in [-0.3, -0.25) is 14.3 Å². The molecule has 5 rings (SSSR count). The van der Waals surface area contributed by atoms with Gasteiger partial charge in [-0.1, -0.05) is 35.9 Å². The summed E-state index contributed by atoms with van der Waals surface area (Å²) in [5, 5.41) is 20.8. The molecule has 1 unspecified atom stereocenters. The number of rotatable bonds is 8. The van der Waals surface area contributed by atoms with Gasteiger partial charge in [0.25, 0.3) is 0 Å². The molecule has 0 saturated carbocycles. The van der Waals surface area contributed by atoms with Crippen molar-refractivity contribution < 1.29 is 28.6 Å². The fourth-order valence-electron chi connectivity index (χ4n) is 5.91. The lowest BCUT2D eigenvalue weighted by Gasteiger charge is -2.37. The normalized spacial score (nSPS) is 15.5. The first-order valence-corrected chi connectivity index (χ1v) is 16.1. The van der Waals surface area contributed by atoms with E-state index in [0.29, 0.717) is 41.9 Å². The number of likely N-dealkylation sites (tertiary alicyclic amines) is 1. The molecule has 1 fully saturated rings. The zero-order valence-corrected chi connectivity index (χ0v) is 27.9. The molecule has 2 atom stereocenters. The van der Waals surface area contributed by atoms with Crippen molar-refractivity contribution in [2.75, 3.05) is 11.9 Å². The summed E-state index contributed by atoms with van der Waals surface area (Å²) in [6.45, 7) is 7.45. The maximum absolute atomic E-state index is 14.0. The molecule has 10 nitrogen and oxygen atoms in total. The standard InChI is InChI=1S/C37H42FN5O5/c1-23-12-17-32(44)28(19-23)33-29(22-42(5)41-33)25-13-15-27(16-14-25)39-34(45)31-11-6-7-18-43(31)35(46)30(40-36(47)48-37(2,3)4)21-24-9-8-10-26(38)20-24/h8-10,12-17,19-20,22,30-31,44H,6-7,11,18,21H2,1-5H3,(H,39,45)(H,40,47)/t30-,31?/m0/s1. The van der Waals surface area contributed by atoms with Gasteiger partial charge >= 0.3 is 6.09 Å². The predicted octanol–water partition coefficient (Wildman–Crippen LogP) is 6.36. The first-order valence-electron chi connectivity index (χ1n) is 16.1. The minimum Gasteiger partial charge on any atom is -0.507 e. The number of aromatic hydroxyl groups is 1. The molecule has 1 aliphatic heterocycles. The number of phenolic OH excluding ortho intramolecular Hbond substituents is 1. The number of aryl methyl sites for hydroxylation is 2. The van der Waals surface area contributed by atoms with Crippen LogP contribution in [0.4, 0.5) is 14.9 Å². The molecule has 0 spiro atoms. The van der Waals surface area contributed by atoms with Gasteiger partial charge in [-0.05, 0) is 94.5 Å². The number of alkyl carbamates (subject to hydrolysis) is 1. The smallest absolute Gasteiger partial charge is 0.408 e. The number of amides is 3. The minimum atomic E-state index is -1.07. The molecule has 1 aliphatic rings. The average molecular weight is 656 g/mol. The van der Waals surface area contributed by atoms with E-state index in [2.05, 4.69) is 15.7 Å². The number of nitrogens with zero attached hydrogens (tertiary/aromatic N) is 3. The number of piperidine rings is 1. The summed E-state index contributed by atoms with van der Waals surface area (Å²) in [5.74, 6) is -1.10. The Morgan fingerprint density at radius 2 is 1.79 bits per heavy atom. The van der Waals surface area contributed by atoms with E-state index in [9.17, 15) is 23.9 Å². The summed E-state index contributed by atoms with van der Waals surface area (Å²) in [4.78, 5) is 42.0. The molecule has 0 aliphatic carbocycles. The van der Waals surface area contributed by atoms with E-state index >= 15 is 0 Å². The second-order valence-electron chi connectivity index (χ2n) is 13.2. The van der Waals surface area contributed by atoms with Crippen LogP contribution in [0.25, 0.3) is 22.4 Å². The molecule has 0 bridgehead atoms. The number of hydrogen-bond acceptors (Lipinski definition) is 6. The highest BCUT2D eigenvalue weighted by atomic mass is 19.1. The highest BCUT2D eigenvalue weighted by Crippen LogP contribution is 2.36. The van der Waals surface area contributed by atoms with Crippen molar-refractivity contribution in [2.24, 2.45) is 7.05 Å². The molecule has 3 aromatic carbocycles. The van der Waals surface area contributed by atoms with Crippen LogP contribution in [0, 0.1) is 12.7 Å². The number of benzene rings is 3. The van der Waals surface area contributed by atoms with Gasteiger partial charge in [-0.2, -0.15) is 5.10 Å².